The highest BCUT2D eigenvalue weighted by atomic mass is 32.1. The molecule has 1 fully saturated rings. The lowest BCUT2D eigenvalue weighted by Gasteiger charge is -2.27. The van der Waals surface area contributed by atoms with Crippen LogP contribution in [-0.2, 0) is 5.41 Å². The number of nitrogens with zero attached hydrogens (tertiary/aromatic N) is 1. The first-order chi connectivity index (χ1) is 9.72. The first-order valence-electron chi connectivity index (χ1n) is 7.08. The minimum absolute atomic E-state index is 0.243. The van der Waals surface area contributed by atoms with Gasteiger partial charge in [-0.05, 0) is 30.7 Å². The van der Waals surface area contributed by atoms with Crippen molar-refractivity contribution in [2.24, 2.45) is 0 Å². The maximum absolute atomic E-state index is 9.34. The third-order valence-electron chi connectivity index (χ3n) is 4.53. The van der Waals surface area contributed by atoms with Crippen molar-refractivity contribution in [2.75, 3.05) is 5.73 Å². The van der Waals surface area contributed by atoms with E-state index in [2.05, 4.69) is 30.5 Å². The molecule has 2 nitrogen and oxygen atoms in total. The molecule has 20 heavy (non-hydrogen) atoms. The fraction of sp³-hybridized carbons (Fsp3) is 0.438. The molecule has 4 heteroatoms. The summed E-state index contributed by atoms with van der Waals surface area (Å²) in [5.74, 6) is 0. The highest BCUT2D eigenvalue weighted by Gasteiger charge is 2.38. The molecule has 0 amide bonds. The number of hydrogen-bond acceptors (Lipinski definition) is 4. The van der Waals surface area contributed by atoms with E-state index in [9.17, 15) is 5.26 Å². The maximum Gasteiger partial charge on any atom is 0.128 e. The normalized spacial score (nSPS) is 17.2. The average molecular weight is 302 g/mol. The second-order valence-electron chi connectivity index (χ2n) is 5.48. The van der Waals surface area contributed by atoms with Crippen LogP contribution in [0.15, 0.2) is 17.5 Å². The Morgan fingerprint density at radius 3 is 2.70 bits per heavy atom. The summed E-state index contributed by atoms with van der Waals surface area (Å²) in [4.78, 5) is 3.24. The first kappa shape index (κ1) is 13.7. The Bertz CT molecular complexity index is 641. The van der Waals surface area contributed by atoms with E-state index in [4.69, 9.17) is 5.73 Å². The summed E-state index contributed by atoms with van der Waals surface area (Å²) in [7, 11) is 0. The van der Waals surface area contributed by atoms with E-state index in [1.54, 1.807) is 22.7 Å². The zero-order chi connectivity index (χ0) is 14.2. The minimum Gasteiger partial charge on any atom is -0.396 e. The Morgan fingerprint density at radius 1 is 1.40 bits per heavy atom. The van der Waals surface area contributed by atoms with Crippen LogP contribution in [0.4, 0.5) is 5.69 Å². The van der Waals surface area contributed by atoms with Crippen molar-refractivity contribution < 1.29 is 0 Å². The van der Waals surface area contributed by atoms with E-state index in [1.165, 1.54) is 35.4 Å². The topological polar surface area (TPSA) is 49.8 Å². The summed E-state index contributed by atoms with van der Waals surface area (Å²) in [6.45, 7) is 2.27. The van der Waals surface area contributed by atoms with Crippen LogP contribution in [0.5, 0.6) is 0 Å². The van der Waals surface area contributed by atoms with E-state index in [0.29, 0.717) is 10.6 Å². The van der Waals surface area contributed by atoms with Gasteiger partial charge >= 0.3 is 0 Å². The Kier molecular flexibility index (Phi) is 3.57. The van der Waals surface area contributed by atoms with Crippen molar-refractivity contribution in [1.82, 2.24) is 0 Å². The van der Waals surface area contributed by atoms with Crippen molar-refractivity contribution in [3.05, 3.63) is 27.3 Å². The van der Waals surface area contributed by atoms with Crippen molar-refractivity contribution in [3.8, 4) is 16.5 Å². The van der Waals surface area contributed by atoms with E-state index >= 15 is 0 Å². The van der Waals surface area contributed by atoms with Crippen LogP contribution in [0, 0.1) is 11.3 Å². The molecule has 0 aliphatic heterocycles. The zero-order valence-corrected chi connectivity index (χ0v) is 13.2. The van der Waals surface area contributed by atoms with E-state index in [1.807, 2.05) is 0 Å². The summed E-state index contributed by atoms with van der Waals surface area (Å²) in [5.41, 5.74) is 8.36. The number of rotatable bonds is 3. The van der Waals surface area contributed by atoms with E-state index in [0.717, 1.165) is 12.0 Å². The molecule has 2 aromatic heterocycles. The van der Waals surface area contributed by atoms with Gasteiger partial charge in [0.1, 0.15) is 10.9 Å². The van der Waals surface area contributed by atoms with Gasteiger partial charge in [-0.25, -0.2) is 0 Å². The third kappa shape index (κ3) is 1.97. The smallest absolute Gasteiger partial charge is 0.128 e. The molecule has 0 radical (unpaired) electrons. The van der Waals surface area contributed by atoms with Crippen LogP contribution in [0.3, 0.4) is 0 Å². The second-order valence-corrected chi connectivity index (χ2v) is 7.45. The Hall–Kier alpha value is -1.31. The largest absolute Gasteiger partial charge is 0.396 e. The van der Waals surface area contributed by atoms with E-state index in [-0.39, 0.29) is 5.41 Å². The molecular formula is C16H18N2S2. The van der Waals surface area contributed by atoms with Crippen LogP contribution < -0.4 is 5.73 Å². The monoisotopic (exact) mass is 302 g/mol. The first-order valence-corrected chi connectivity index (χ1v) is 8.78. The zero-order valence-electron chi connectivity index (χ0n) is 11.6. The molecule has 2 heterocycles. The number of hydrogen-bond donors (Lipinski definition) is 1. The van der Waals surface area contributed by atoms with Gasteiger partial charge in [0.05, 0.1) is 5.69 Å². The highest BCUT2D eigenvalue weighted by Crippen LogP contribution is 2.53. The minimum atomic E-state index is 0.243. The number of nitrogen functional groups attached to an aromatic ring is 1. The number of nitriles is 1. The van der Waals surface area contributed by atoms with Crippen LogP contribution >= 0.6 is 22.7 Å². The second kappa shape index (κ2) is 5.23. The summed E-state index contributed by atoms with van der Waals surface area (Å²) in [6.07, 6.45) is 6.17. The summed E-state index contributed by atoms with van der Waals surface area (Å²) in [5, 5.41) is 11.4. The van der Waals surface area contributed by atoms with Gasteiger partial charge in [0.25, 0.3) is 0 Å². The Morgan fingerprint density at radius 2 is 2.15 bits per heavy atom. The van der Waals surface area contributed by atoms with E-state index < -0.39 is 0 Å². The number of thiophene rings is 2. The van der Waals surface area contributed by atoms with Gasteiger partial charge < -0.3 is 5.73 Å². The average Bonchev–Trinajstić information content (AvgIpc) is 3.18. The third-order valence-corrected chi connectivity index (χ3v) is 6.78. The van der Waals surface area contributed by atoms with Gasteiger partial charge in [-0.1, -0.05) is 25.8 Å². The quantitative estimate of drug-likeness (QED) is 0.852. The van der Waals surface area contributed by atoms with Gasteiger partial charge in [0.15, 0.2) is 0 Å². The summed E-state index contributed by atoms with van der Waals surface area (Å²) < 4.78 is 0. The molecule has 0 atom stereocenters. The SMILES string of the molecule is CCC1(c2sc(C#N)c(N)c2-c2cccs2)CCCC1. The van der Waals surface area contributed by atoms with Gasteiger partial charge in [0.2, 0.25) is 0 Å². The maximum atomic E-state index is 9.34. The fourth-order valence-electron chi connectivity index (χ4n) is 3.36. The molecule has 0 unspecified atom stereocenters. The predicted molar refractivity (Wildman–Crippen MR) is 87.2 cm³/mol. The van der Waals surface area contributed by atoms with Crippen molar-refractivity contribution in [1.29, 1.82) is 5.26 Å². The summed E-state index contributed by atoms with van der Waals surface area (Å²) >= 11 is 3.34. The molecule has 1 aliphatic rings. The molecule has 0 spiro atoms. The molecule has 2 aromatic rings. The Balaban J connectivity index is 2.23. The lowest BCUT2D eigenvalue weighted by atomic mass is 9.80. The van der Waals surface area contributed by atoms with Crippen LogP contribution in [0.25, 0.3) is 10.4 Å². The van der Waals surface area contributed by atoms with Crippen molar-refractivity contribution in [2.45, 2.75) is 44.4 Å². The molecular weight excluding hydrogens is 284 g/mol. The van der Waals surface area contributed by atoms with Gasteiger partial charge in [-0.3, -0.25) is 0 Å². The fourth-order valence-corrected chi connectivity index (χ4v) is 5.56. The lowest BCUT2D eigenvalue weighted by Crippen LogP contribution is -2.20. The molecule has 0 saturated heterocycles. The highest BCUT2D eigenvalue weighted by molar-refractivity contribution is 7.16. The molecule has 0 bridgehead atoms. The molecule has 104 valence electrons. The van der Waals surface area contributed by atoms with Crippen LogP contribution in [-0.4, -0.2) is 0 Å². The Labute approximate surface area is 127 Å². The van der Waals surface area contributed by atoms with Crippen molar-refractivity contribution in [3.63, 3.8) is 0 Å². The molecule has 3 rings (SSSR count). The lowest BCUT2D eigenvalue weighted by molar-refractivity contribution is 0.435. The van der Waals surface area contributed by atoms with Gasteiger partial charge in [0, 0.05) is 20.7 Å². The van der Waals surface area contributed by atoms with Gasteiger partial charge in [-0.2, -0.15) is 5.26 Å². The molecule has 0 aromatic carbocycles. The molecule has 1 aliphatic carbocycles. The molecule has 1 saturated carbocycles. The standard InChI is InChI=1S/C16H18N2S2/c1-2-16(7-3-4-8-16)15-13(11-6-5-9-19-11)14(18)12(10-17)20-15/h5-6,9H,2-4,7-8,18H2,1H3. The van der Waals surface area contributed by atoms with Gasteiger partial charge in [-0.15, -0.1) is 22.7 Å². The molecule has 2 N–H and O–H groups in total. The van der Waals surface area contributed by atoms with Crippen LogP contribution in [0.2, 0.25) is 0 Å². The van der Waals surface area contributed by atoms with Crippen molar-refractivity contribution >= 4 is 28.4 Å². The predicted octanol–water partition coefficient (Wildman–Crippen LogP) is 5.15. The summed E-state index contributed by atoms with van der Waals surface area (Å²) in [6, 6.07) is 6.45. The number of anilines is 1. The van der Waals surface area contributed by atoms with Crippen LogP contribution in [0.1, 0.15) is 48.8 Å². The number of nitrogens with two attached hydrogens (primary N) is 1.